The predicted octanol–water partition coefficient (Wildman–Crippen LogP) is 5.72. The molecular formula is C22H24ClF3N2O2. The molecule has 30 heavy (non-hydrogen) atoms. The second-order valence-electron chi connectivity index (χ2n) is 7.41. The van der Waals surface area contributed by atoms with Crippen LogP contribution in [0.1, 0.15) is 29.2 Å². The normalized spacial score (nSPS) is 16.0. The highest BCUT2D eigenvalue weighted by Gasteiger charge is 2.43. The van der Waals surface area contributed by atoms with E-state index in [9.17, 15) is 13.2 Å². The Morgan fingerprint density at radius 2 is 1.90 bits per heavy atom. The van der Waals surface area contributed by atoms with E-state index in [0.717, 1.165) is 29.8 Å². The van der Waals surface area contributed by atoms with E-state index in [2.05, 4.69) is 4.99 Å². The molecule has 8 heteroatoms. The first-order valence-electron chi connectivity index (χ1n) is 9.57. The van der Waals surface area contributed by atoms with E-state index in [1.807, 2.05) is 37.9 Å². The van der Waals surface area contributed by atoms with Gasteiger partial charge in [0.05, 0.1) is 42.4 Å². The van der Waals surface area contributed by atoms with Crippen molar-refractivity contribution in [2.75, 3.05) is 26.8 Å². The van der Waals surface area contributed by atoms with Crippen molar-refractivity contribution in [2.45, 2.75) is 32.2 Å². The van der Waals surface area contributed by atoms with E-state index < -0.39 is 17.3 Å². The van der Waals surface area contributed by atoms with Gasteiger partial charge < -0.3 is 14.4 Å². The number of aryl methyl sites for hydroxylation is 1. The SMILES string of the molecule is CCN(C)C=Nc1cc(C)c(C2(OCc3ccc(C(F)(F)F)cc3)COC2)cc1Cl. The van der Waals surface area contributed by atoms with Crippen LogP contribution in [0.4, 0.5) is 18.9 Å². The molecule has 1 aliphatic heterocycles. The maximum Gasteiger partial charge on any atom is 0.416 e. The summed E-state index contributed by atoms with van der Waals surface area (Å²) in [5.74, 6) is 0. The maximum atomic E-state index is 12.7. The van der Waals surface area contributed by atoms with Crippen molar-refractivity contribution in [2.24, 2.45) is 4.99 Å². The lowest BCUT2D eigenvalue weighted by Gasteiger charge is -2.42. The molecule has 1 saturated heterocycles. The van der Waals surface area contributed by atoms with Crippen molar-refractivity contribution < 1.29 is 22.6 Å². The number of hydrogen-bond donors (Lipinski definition) is 0. The highest BCUT2D eigenvalue weighted by Crippen LogP contribution is 2.40. The molecule has 0 aromatic heterocycles. The second kappa shape index (κ2) is 8.96. The lowest BCUT2D eigenvalue weighted by atomic mass is 9.88. The number of halogens is 4. The third-order valence-electron chi connectivity index (χ3n) is 5.14. The summed E-state index contributed by atoms with van der Waals surface area (Å²) in [5.41, 5.74) is 1.81. The Morgan fingerprint density at radius 1 is 1.23 bits per heavy atom. The summed E-state index contributed by atoms with van der Waals surface area (Å²) in [4.78, 5) is 6.37. The van der Waals surface area contributed by atoms with Crippen LogP contribution in [0.2, 0.25) is 5.02 Å². The summed E-state index contributed by atoms with van der Waals surface area (Å²) in [7, 11) is 1.93. The number of alkyl halides is 3. The van der Waals surface area contributed by atoms with Crippen molar-refractivity contribution >= 4 is 23.6 Å². The number of benzene rings is 2. The van der Waals surface area contributed by atoms with Gasteiger partial charge in [-0.1, -0.05) is 23.7 Å². The fraction of sp³-hybridized carbons (Fsp3) is 0.409. The molecule has 2 aromatic rings. The molecular weight excluding hydrogens is 417 g/mol. The highest BCUT2D eigenvalue weighted by atomic mass is 35.5. The van der Waals surface area contributed by atoms with Crippen molar-refractivity contribution in [1.82, 2.24) is 4.90 Å². The molecule has 0 bridgehead atoms. The van der Waals surface area contributed by atoms with Crippen LogP contribution in [0.15, 0.2) is 41.4 Å². The minimum absolute atomic E-state index is 0.166. The Hall–Kier alpha value is -2.09. The average Bonchev–Trinajstić information content (AvgIpc) is 2.67. The highest BCUT2D eigenvalue weighted by molar-refractivity contribution is 6.33. The van der Waals surface area contributed by atoms with Crippen LogP contribution in [0, 0.1) is 6.92 Å². The van der Waals surface area contributed by atoms with Gasteiger partial charge >= 0.3 is 6.18 Å². The van der Waals surface area contributed by atoms with Crippen LogP contribution in [0.5, 0.6) is 0 Å². The van der Waals surface area contributed by atoms with Gasteiger partial charge in [-0.3, -0.25) is 0 Å². The quantitative estimate of drug-likeness (QED) is 0.408. The monoisotopic (exact) mass is 440 g/mol. The summed E-state index contributed by atoms with van der Waals surface area (Å²) >= 11 is 6.46. The molecule has 1 heterocycles. The van der Waals surface area contributed by atoms with Gasteiger partial charge in [-0.2, -0.15) is 13.2 Å². The van der Waals surface area contributed by atoms with Gasteiger partial charge in [0.1, 0.15) is 5.60 Å². The van der Waals surface area contributed by atoms with E-state index in [1.54, 1.807) is 6.34 Å². The van der Waals surface area contributed by atoms with Crippen molar-refractivity contribution in [3.8, 4) is 0 Å². The van der Waals surface area contributed by atoms with E-state index in [-0.39, 0.29) is 6.61 Å². The Kier molecular flexibility index (Phi) is 6.75. The van der Waals surface area contributed by atoms with Crippen molar-refractivity contribution in [3.63, 3.8) is 0 Å². The van der Waals surface area contributed by atoms with Gasteiger partial charge in [0.15, 0.2) is 0 Å². The van der Waals surface area contributed by atoms with Gasteiger partial charge in [-0.25, -0.2) is 4.99 Å². The summed E-state index contributed by atoms with van der Waals surface area (Å²) in [6.45, 7) is 5.68. The summed E-state index contributed by atoms with van der Waals surface area (Å²) in [6.07, 6.45) is -2.63. The molecule has 4 nitrogen and oxygen atoms in total. The Balaban J connectivity index is 1.78. The Labute approximate surface area is 179 Å². The third-order valence-corrected chi connectivity index (χ3v) is 5.45. The first-order valence-corrected chi connectivity index (χ1v) is 9.95. The minimum Gasteiger partial charge on any atom is -0.375 e. The Bertz CT molecular complexity index is 910. The topological polar surface area (TPSA) is 34.1 Å². The molecule has 0 N–H and O–H groups in total. The zero-order valence-corrected chi connectivity index (χ0v) is 17.8. The van der Waals surface area contributed by atoms with Crippen LogP contribution >= 0.6 is 11.6 Å². The van der Waals surface area contributed by atoms with E-state index in [0.29, 0.717) is 29.5 Å². The fourth-order valence-corrected chi connectivity index (χ4v) is 3.33. The average molecular weight is 441 g/mol. The molecule has 1 aliphatic rings. The zero-order valence-electron chi connectivity index (χ0n) is 17.1. The van der Waals surface area contributed by atoms with Crippen LogP contribution in [-0.4, -0.2) is 38.0 Å². The van der Waals surface area contributed by atoms with Gasteiger partial charge in [-0.05, 0) is 54.8 Å². The van der Waals surface area contributed by atoms with Gasteiger partial charge in [0.25, 0.3) is 0 Å². The van der Waals surface area contributed by atoms with Gasteiger partial charge in [0.2, 0.25) is 0 Å². The lowest BCUT2D eigenvalue weighted by Crippen LogP contribution is -2.49. The smallest absolute Gasteiger partial charge is 0.375 e. The number of nitrogens with zero attached hydrogens (tertiary/aromatic N) is 2. The molecule has 0 unspecified atom stereocenters. The van der Waals surface area contributed by atoms with Gasteiger partial charge in [-0.15, -0.1) is 0 Å². The molecule has 1 fully saturated rings. The maximum absolute atomic E-state index is 12.7. The second-order valence-corrected chi connectivity index (χ2v) is 7.81. The predicted molar refractivity (Wildman–Crippen MR) is 111 cm³/mol. The third kappa shape index (κ3) is 4.96. The summed E-state index contributed by atoms with van der Waals surface area (Å²) < 4.78 is 49.8. The molecule has 162 valence electrons. The number of hydrogen-bond acceptors (Lipinski definition) is 3. The van der Waals surface area contributed by atoms with E-state index in [4.69, 9.17) is 21.1 Å². The standard InChI is InChI=1S/C22H24ClF3N2O2/c1-4-28(3)14-27-20-9-15(2)18(10-19(20)23)21(12-29-13-21)30-11-16-5-7-17(8-6-16)22(24,25)26/h5-10,14H,4,11-13H2,1-3H3. The summed E-state index contributed by atoms with van der Waals surface area (Å²) in [5, 5.41) is 0.501. The van der Waals surface area contributed by atoms with Gasteiger partial charge in [0, 0.05) is 13.6 Å². The zero-order chi connectivity index (χ0) is 21.9. The number of aliphatic imine (C=N–C) groups is 1. The Morgan fingerprint density at radius 3 is 2.43 bits per heavy atom. The molecule has 3 rings (SSSR count). The molecule has 0 amide bonds. The van der Waals surface area contributed by atoms with Crippen LogP contribution in [0.25, 0.3) is 0 Å². The largest absolute Gasteiger partial charge is 0.416 e. The first kappa shape index (κ1) is 22.6. The molecule has 0 radical (unpaired) electrons. The van der Waals surface area contributed by atoms with Crippen molar-refractivity contribution in [3.05, 3.63) is 63.7 Å². The van der Waals surface area contributed by atoms with Crippen molar-refractivity contribution in [1.29, 1.82) is 0 Å². The molecule has 0 aliphatic carbocycles. The van der Waals surface area contributed by atoms with Crippen LogP contribution in [-0.2, 0) is 27.9 Å². The number of ether oxygens (including phenoxy) is 2. The molecule has 2 aromatic carbocycles. The number of rotatable bonds is 7. The minimum atomic E-state index is -4.35. The molecule has 0 spiro atoms. The van der Waals surface area contributed by atoms with E-state index in [1.165, 1.54) is 12.1 Å². The molecule has 0 atom stereocenters. The molecule has 0 saturated carbocycles. The first-order chi connectivity index (χ1) is 14.1. The van der Waals surface area contributed by atoms with Crippen LogP contribution in [0.3, 0.4) is 0 Å². The van der Waals surface area contributed by atoms with Crippen LogP contribution < -0.4 is 0 Å². The lowest BCUT2D eigenvalue weighted by molar-refractivity contribution is -0.223. The summed E-state index contributed by atoms with van der Waals surface area (Å²) in [6, 6.07) is 8.72. The van der Waals surface area contributed by atoms with E-state index >= 15 is 0 Å². The fourth-order valence-electron chi connectivity index (χ4n) is 3.11.